The predicted octanol–water partition coefficient (Wildman–Crippen LogP) is 6.76. The third-order valence-electron chi connectivity index (χ3n) is 4.85. The molecule has 0 heterocycles. The van der Waals surface area contributed by atoms with Gasteiger partial charge in [0.2, 0.25) is 0 Å². The number of carboxylic acid groups (broad SMARTS) is 1. The molecule has 0 radical (unpaired) electrons. The number of rotatable bonds is 9. The molecule has 3 rings (SSSR count). The average Bonchev–Trinajstić information content (AvgIpc) is 2.82. The number of hydrogen-bond donors (Lipinski definition) is 2. The van der Waals surface area contributed by atoms with Gasteiger partial charge in [0.1, 0.15) is 24.0 Å². The van der Waals surface area contributed by atoms with Crippen LogP contribution in [0.25, 0.3) is 6.08 Å². The van der Waals surface area contributed by atoms with Crippen LogP contribution < -0.4 is 10.1 Å². The minimum atomic E-state index is -0.987. The molecule has 0 aromatic heterocycles. The lowest BCUT2D eigenvalue weighted by Gasteiger charge is -2.14. The number of amides is 1. The summed E-state index contributed by atoms with van der Waals surface area (Å²) in [6.07, 6.45) is 3.74. The van der Waals surface area contributed by atoms with Crippen LogP contribution in [0.1, 0.15) is 27.0 Å². The largest absolute Gasteiger partial charge is 0.487 e. The second-order valence-corrected chi connectivity index (χ2v) is 9.18. The molecule has 6 nitrogen and oxygen atoms in total. The molecule has 1 amide bonds. The van der Waals surface area contributed by atoms with Crippen molar-refractivity contribution in [1.29, 1.82) is 5.26 Å². The number of carbonyl (C=O) groups excluding carboxylic acids is 1. The quantitative estimate of drug-likeness (QED) is 0.162. The van der Waals surface area contributed by atoms with E-state index < -0.39 is 11.9 Å². The third-order valence-corrected chi connectivity index (χ3v) is 5.93. The zero-order valence-corrected chi connectivity index (χ0v) is 21.6. The standard InChI is InChI=1S/C27H20Br2N2O4/c1-2-4-20-11-18(12-21(15-30)26(32)31-23-6-3-5-22(28)14-23)13-24(29)25(20)35-16-17-7-9-19(10-8-17)27(33)34/h2-3,5-14H,1,4,16H2,(H,31,32)(H,33,34)/b21-12-. The van der Waals surface area contributed by atoms with Crippen molar-refractivity contribution in [2.24, 2.45) is 0 Å². The van der Waals surface area contributed by atoms with Crippen LogP contribution in [0, 0.1) is 11.3 Å². The molecular formula is C27H20Br2N2O4. The van der Waals surface area contributed by atoms with Crippen molar-refractivity contribution in [3.63, 3.8) is 0 Å². The maximum atomic E-state index is 12.6. The predicted molar refractivity (Wildman–Crippen MR) is 142 cm³/mol. The summed E-state index contributed by atoms with van der Waals surface area (Å²) in [5.74, 6) is -0.905. The smallest absolute Gasteiger partial charge is 0.335 e. The lowest BCUT2D eigenvalue weighted by atomic mass is 10.0. The van der Waals surface area contributed by atoms with Crippen molar-refractivity contribution in [2.75, 3.05) is 5.32 Å². The Morgan fingerprint density at radius 2 is 1.86 bits per heavy atom. The van der Waals surface area contributed by atoms with Gasteiger partial charge in [-0.1, -0.05) is 40.2 Å². The molecule has 0 fully saturated rings. The second-order valence-electron chi connectivity index (χ2n) is 7.41. The summed E-state index contributed by atoms with van der Waals surface area (Å²) >= 11 is 6.88. The van der Waals surface area contributed by atoms with Gasteiger partial charge in [0, 0.05) is 10.2 Å². The normalized spacial score (nSPS) is 10.8. The van der Waals surface area contributed by atoms with Crippen molar-refractivity contribution in [3.05, 3.63) is 110 Å². The van der Waals surface area contributed by atoms with Gasteiger partial charge >= 0.3 is 5.97 Å². The molecule has 0 aliphatic carbocycles. The molecular weight excluding hydrogens is 576 g/mol. The Morgan fingerprint density at radius 3 is 2.49 bits per heavy atom. The Hall–Kier alpha value is -3.67. The number of allylic oxidation sites excluding steroid dienone is 1. The molecule has 0 atom stereocenters. The molecule has 0 aliphatic heterocycles. The van der Waals surface area contributed by atoms with E-state index in [1.807, 2.05) is 18.2 Å². The number of hydrogen-bond acceptors (Lipinski definition) is 4. The first-order valence-electron chi connectivity index (χ1n) is 10.4. The SMILES string of the molecule is C=CCc1cc(/C=C(/C#N)C(=O)Nc2cccc(Br)c2)cc(Br)c1OCc1ccc(C(=O)O)cc1. The zero-order chi connectivity index (χ0) is 25.4. The molecule has 3 aromatic carbocycles. The van der Waals surface area contributed by atoms with E-state index in [-0.39, 0.29) is 17.7 Å². The van der Waals surface area contributed by atoms with E-state index >= 15 is 0 Å². The molecule has 8 heteroatoms. The van der Waals surface area contributed by atoms with Crippen LogP contribution in [0.15, 0.2) is 87.8 Å². The molecule has 0 aliphatic rings. The summed E-state index contributed by atoms with van der Waals surface area (Å²) in [6.45, 7) is 4.03. The third kappa shape index (κ3) is 7.15. The molecule has 0 saturated heterocycles. The second kappa shape index (κ2) is 12.2. The molecule has 2 N–H and O–H groups in total. The van der Waals surface area contributed by atoms with Crippen LogP contribution in [0.3, 0.4) is 0 Å². The Balaban J connectivity index is 1.83. The van der Waals surface area contributed by atoms with Gasteiger partial charge in [-0.15, -0.1) is 6.58 Å². The monoisotopic (exact) mass is 594 g/mol. The van der Waals surface area contributed by atoms with Crippen LogP contribution in [0.2, 0.25) is 0 Å². The van der Waals surface area contributed by atoms with E-state index in [0.29, 0.717) is 27.9 Å². The molecule has 0 spiro atoms. The number of anilines is 1. The van der Waals surface area contributed by atoms with Gasteiger partial charge in [0.15, 0.2) is 0 Å². The summed E-state index contributed by atoms with van der Waals surface area (Å²) in [5.41, 5.74) is 3.00. The van der Waals surface area contributed by atoms with Gasteiger partial charge in [0.25, 0.3) is 5.91 Å². The molecule has 0 unspecified atom stereocenters. The minimum absolute atomic E-state index is 0.0476. The maximum absolute atomic E-state index is 12.6. The molecule has 35 heavy (non-hydrogen) atoms. The number of halogens is 2. The Morgan fingerprint density at radius 1 is 1.11 bits per heavy atom. The fourth-order valence-electron chi connectivity index (χ4n) is 3.20. The first kappa shape index (κ1) is 25.9. The zero-order valence-electron chi connectivity index (χ0n) is 18.4. The van der Waals surface area contributed by atoms with E-state index in [9.17, 15) is 14.9 Å². The van der Waals surface area contributed by atoms with Crippen molar-refractivity contribution in [1.82, 2.24) is 0 Å². The molecule has 0 bridgehead atoms. The van der Waals surface area contributed by atoms with Crippen LogP contribution in [-0.4, -0.2) is 17.0 Å². The highest BCUT2D eigenvalue weighted by Gasteiger charge is 2.14. The van der Waals surface area contributed by atoms with Crippen molar-refractivity contribution < 1.29 is 19.4 Å². The highest BCUT2D eigenvalue weighted by molar-refractivity contribution is 9.10. The van der Waals surface area contributed by atoms with Crippen molar-refractivity contribution in [2.45, 2.75) is 13.0 Å². The average molecular weight is 596 g/mol. The van der Waals surface area contributed by atoms with Gasteiger partial charge in [-0.2, -0.15) is 5.26 Å². The van der Waals surface area contributed by atoms with Crippen molar-refractivity contribution in [3.8, 4) is 11.8 Å². The number of nitrogens with zero attached hydrogens (tertiary/aromatic N) is 1. The molecule has 0 saturated carbocycles. The minimum Gasteiger partial charge on any atom is -0.487 e. The Bertz CT molecular complexity index is 1340. The lowest BCUT2D eigenvalue weighted by molar-refractivity contribution is -0.112. The summed E-state index contributed by atoms with van der Waals surface area (Å²) < 4.78 is 7.48. The van der Waals surface area contributed by atoms with Gasteiger partial charge in [0.05, 0.1) is 10.0 Å². The first-order valence-corrected chi connectivity index (χ1v) is 12.0. The number of nitriles is 1. The number of nitrogens with one attached hydrogen (secondary N) is 1. The number of aromatic carboxylic acids is 1. The summed E-state index contributed by atoms with van der Waals surface area (Å²) in [5, 5.41) is 21.3. The Labute approximate surface area is 219 Å². The first-order chi connectivity index (χ1) is 16.8. The summed E-state index contributed by atoms with van der Waals surface area (Å²) in [4.78, 5) is 23.7. The maximum Gasteiger partial charge on any atom is 0.335 e. The number of carboxylic acids is 1. The van der Waals surface area contributed by atoms with Gasteiger partial charge in [-0.25, -0.2) is 4.79 Å². The van der Waals surface area contributed by atoms with E-state index in [1.54, 1.807) is 42.5 Å². The van der Waals surface area contributed by atoms with Gasteiger partial charge in [-0.05, 0) is 87.6 Å². The molecule has 3 aromatic rings. The fraction of sp³-hybridized carbons (Fsp3) is 0.0741. The number of ether oxygens (including phenoxy) is 1. The number of benzene rings is 3. The Kier molecular flexibility index (Phi) is 9.01. The highest BCUT2D eigenvalue weighted by Crippen LogP contribution is 2.33. The van der Waals surface area contributed by atoms with Crippen LogP contribution >= 0.6 is 31.9 Å². The van der Waals surface area contributed by atoms with Gasteiger partial charge < -0.3 is 15.2 Å². The van der Waals surface area contributed by atoms with Crippen LogP contribution in [0.4, 0.5) is 5.69 Å². The fourth-order valence-corrected chi connectivity index (χ4v) is 4.24. The van der Waals surface area contributed by atoms with Crippen LogP contribution in [0.5, 0.6) is 5.75 Å². The van der Waals surface area contributed by atoms with E-state index in [4.69, 9.17) is 9.84 Å². The van der Waals surface area contributed by atoms with E-state index in [1.165, 1.54) is 18.2 Å². The highest BCUT2D eigenvalue weighted by atomic mass is 79.9. The lowest BCUT2D eigenvalue weighted by Crippen LogP contribution is -2.13. The summed E-state index contributed by atoms with van der Waals surface area (Å²) in [7, 11) is 0. The number of carbonyl (C=O) groups is 2. The van der Waals surface area contributed by atoms with E-state index in [2.05, 4.69) is 43.8 Å². The summed E-state index contributed by atoms with van der Waals surface area (Å²) in [6, 6.07) is 19.1. The molecule has 176 valence electrons. The van der Waals surface area contributed by atoms with Crippen LogP contribution in [-0.2, 0) is 17.8 Å². The topological polar surface area (TPSA) is 99.4 Å². The van der Waals surface area contributed by atoms with E-state index in [0.717, 1.165) is 15.6 Å². The van der Waals surface area contributed by atoms with Crippen molar-refractivity contribution >= 4 is 55.5 Å². The van der Waals surface area contributed by atoms with Gasteiger partial charge in [-0.3, -0.25) is 4.79 Å².